The largest absolute Gasteiger partial charge is 0.330 e. The lowest BCUT2D eigenvalue weighted by molar-refractivity contribution is 0.144. The Morgan fingerprint density at radius 1 is 1.17 bits per heavy atom. The average molecular weight is 489 g/mol. The van der Waals surface area contributed by atoms with Gasteiger partial charge in [-0.25, -0.2) is 15.0 Å². The van der Waals surface area contributed by atoms with Gasteiger partial charge in [-0.05, 0) is 57.9 Å². The Hall–Kier alpha value is -3.72. The SMILES string of the molecule is CC(C)N1C=NNC1(C)c1cccc(-n2cnc3cc(Cl)c(-n4cnc(C5CC5)c4)cc3c2=O)n1. The molecular formula is C25H25ClN8O. The fraction of sp³-hybridized carbons (Fsp3) is 0.320. The van der Waals surface area contributed by atoms with E-state index in [2.05, 4.69) is 39.2 Å². The number of imidazole rings is 1. The van der Waals surface area contributed by atoms with E-state index in [0.29, 0.717) is 33.3 Å². The Labute approximate surface area is 207 Å². The molecule has 0 amide bonds. The van der Waals surface area contributed by atoms with Gasteiger partial charge in [-0.2, -0.15) is 5.10 Å². The van der Waals surface area contributed by atoms with Gasteiger partial charge in [0.25, 0.3) is 5.56 Å². The highest BCUT2D eigenvalue weighted by molar-refractivity contribution is 6.33. The van der Waals surface area contributed by atoms with Crippen LogP contribution in [0.4, 0.5) is 0 Å². The van der Waals surface area contributed by atoms with E-state index in [1.54, 1.807) is 30.9 Å². The Morgan fingerprint density at radius 3 is 2.77 bits per heavy atom. The van der Waals surface area contributed by atoms with Crippen LogP contribution < -0.4 is 11.0 Å². The van der Waals surface area contributed by atoms with Crippen LogP contribution in [0.15, 0.2) is 59.1 Å². The first-order valence-electron chi connectivity index (χ1n) is 11.7. The molecule has 4 aromatic rings. The van der Waals surface area contributed by atoms with E-state index in [1.165, 1.54) is 23.7 Å². The maximum atomic E-state index is 13.6. The van der Waals surface area contributed by atoms with E-state index in [4.69, 9.17) is 16.6 Å². The summed E-state index contributed by atoms with van der Waals surface area (Å²) in [7, 11) is 0. The third-order valence-electron chi connectivity index (χ3n) is 6.72. The van der Waals surface area contributed by atoms with E-state index in [0.717, 1.165) is 11.4 Å². The summed E-state index contributed by atoms with van der Waals surface area (Å²) < 4.78 is 3.34. The predicted molar refractivity (Wildman–Crippen MR) is 135 cm³/mol. The van der Waals surface area contributed by atoms with E-state index in [9.17, 15) is 4.79 Å². The number of nitrogens with zero attached hydrogens (tertiary/aromatic N) is 7. The van der Waals surface area contributed by atoms with Crippen molar-refractivity contribution in [1.29, 1.82) is 0 Å². The molecule has 0 spiro atoms. The maximum absolute atomic E-state index is 13.6. The summed E-state index contributed by atoms with van der Waals surface area (Å²) in [6.45, 7) is 6.20. The zero-order valence-electron chi connectivity index (χ0n) is 19.7. The third-order valence-corrected chi connectivity index (χ3v) is 7.02. The Balaban J connectivity index is 1.43. The Morgan fingerprint density at radius 2 is 2.00 bits per heavy atom. The van der Waals surface area contributed by atoms with Gasteiger partial charge in [-0.15, -0.1) is 0 Å². The summed E-state index contributed by atoms with van der Waals surface area (Å²) in [5, 5.41) is 5.22. The van der Waals surface area contributed by atoms with E-state index >= 15 is 0 Å². The number of fused-ring (bicyclic) bond motifs is 1. The summed E-state index contributed by atoms with van der Waals surface area (Å²) >= 11 is 6.57. The first-order valence-corrected chi connectivity index (χ1v) is 12.0. The van der Waals surface area contributed by atoms with Gasteiger partial charge in [0, 0.05) is 18.2 Å². The van der Waals surface area contributed by atoms with Gasteiger partial charge in [0.2, 0.25) is 0 Å². The minimum atomic E-state index is -0.626. The van der Waals surface area contributed by atoms with Gasteiger partial charge in [-0.1, -0.05) is 17.7 Å². The van der Waals surface area contributed by atoms with Gasteiger partial charge < -0.3 is 9.47 Å². The lowest BCUT2D eigenvalue weighted by Gasteiger charge is -2.37. The van der Waals surface area contributed by atoms with Crippen molar-refractivity contribution in [2.45, 2.75) is 51.2 Å². The molecule has 1 N–H and O–H groups in total. The number of hydrazone groups is 1. The number of nitrogens with one attached hydrogen (secondary N) is 1. The van der Waals surface area contributed by atoms with E-state index in [-0.39, 0.29) is 11.6 Å². The van der Waals surface area contributed by atoms with Gasteiger partial charge in [-0.3, -0.25) is 14.8 Å². The Kier molecular flexibility index (Phi) is 4.93. The molecule has 10 heteroatoms. The smallest absolute Gasteiger partial charge is 0.267 e. The lowest BCUT2D eigenvalue weighted by atomic mass is 10.1. The van der Waals surface area contributed by atoms with Crippen LogP contribution in [-0.4, -0.2) is 41.4 Å². The number of hydrogen-bond acceptors (Lipinski definition) is 7. The van der Waals surface area contributed by atoms with Crippen LogP contribution in [0.25, 0.3) is 22.4 Å². The molecule has 178 valence electrons. The van der Waals surface area contributed by atoms with Crippen LogP contribution in [0.2, 0.25) is 5.02 Å². The molecule has 0 bridgehead atoms. The fourth-order valence-electron chi connectivity index (χ4n) is 4.61. The van der Waals surface area contributed by atoms with Crippen molar-refractivity contribution in [3.63, 3.8) is 0 Å². The molecule has 3 aromatic heterocycles. The lowest BCUT2D eigenvalue weighted by Crippen LogP contribution is -2.50. The summed E-state index contributed by atoms with van der Waals surface area (Å²) in [5.74, 6) is 1.01. The number of aromatic nitrogens is 5. The van der Waals surface area contributed by atoms with Gasteiger partial charge in [0.15, 0.2) is 5.66 Å². The van der Waals surface area contributed by atoms with Crippen LogP contribution in [0.5, 0.6) is 0 Å². The molecule has 1 atom stereocenters. The molecule has 2 aliphatic rings. The van der Waals surface area contributed by atoms with E-state index in [1.807, 2.05) is 29.8 Å². The highest BCUT2D eigenvalue weighted by atomic mass is 35.5. The zero-order chi connectivity index (χ0) is 24.3. The molecule has 6 rings (SSSR count). The summed E-state index contributed by atoms with van der Waals surface area (Å²) in [4.78, 5) is 29.5. The summed E-state index contributed by atoms with van der Waals surface area (Å²) in [5.41, 5.74) is 5.34. The molecule has 1 fully saturated rings. The maximum Gasteiger partial charge on any atom is 0.267 e. The number of rotatable bonds is 5. The summed E-state index contributed by atoms with van der Waals surface area (Å²) in [6.07, 6.45) is 9.34. The van der Waals surface area contributed by atoms with Crippen molar-refractivity contribution < 1.29 is 0 Å². The topological polar surface area (TPSA) is 93.2 Å². The molecule has 1 saturated carbocycles. The monoisotopic (exact) mass is 488 g/mol. The van der Waals surface area contributed by atoms with Gasteiger partial charge in [0.05, 0.1) is 39.3 Å². The highest BCUT2D eigenvalue weighted by Gasteiger charge is 2.38. The average Bonchev–Trinajstić information content (AvgIpc) is 3.43. The standard InChI is InChI=1S/C25H25ClN8O/c1-15(2)34-14-29-31-25(34,3)22-5-4-6-23(30-22)33-13-28-19-10-18(26)21(9-17(19)24(33)35)32-11-20(27-12-32)16-7-8-16/h4-6,9-16,31H,7-8H2,1-3H3. The minimum Gasteiger partial charge on any atom is -0.330 e. The predicted octanol–water partition coefficient (Wildman–Crippen LogP) is 3.93. The van der Waals surface area contributed by atoms with Crippen LogP contribution in [0, 0.1) is 0 Å². The van der Waals surface area contributed by atoms with Crippen LogP contribution >= 0.6 is 11.6 Å². The van der Waals surface area contributed by atoms with Crippen LogP contribution in [-0.2, 0) is 5.66 Å². The van der Waals surface area contributed by atoms with Gasteiger partial charge >= 0.3 is 0 Å². The Bertz CT molecular complexity index is 1540. The normalized spacial score (nSPS) is 19.6. The number of halogens is 1. The van der Waals surface area contributed by atoms with Gasteiger partial charge in [0.1, 0.15) is 18.5 Å². The highest BCUT2D eigenvalue weighted by Crippen LogP contribution is 2.39. The number of benzene rings is 1. The van der Waals surface area contributed by atoms with Crippen LogP contribution in [0.3, 0.4) is 0 Å². The molecule has 1 unspecified atom stereocenters. The number of pyridine rings is 1. The second-order valence-electron chi connectivity index (χ2n) is 9.53. The molecule has 0 saturated heterocycles. The first kappa shape index (κ1) is 21.8. The van der Waals surface area contributed by atoms with Crippen molar-refractivity contribution in [3.8, 4) is 11.5 Å². The summed E-state index contributed by atoms with van der Waals surface area (Å²) in [6, 6.07) is 9.32. The third kappa shape index (κ3) is 3.58. The van der Waals surface area contributed by atoms with Crippen molar-refractivity contribution >= 4 is 28.8 Å². The molecule has 1 aliphatic heterocycles. The number of hydrogen-bond donors (Lipinski definition) is 1. The molecule has 35 heavy (non-hydrogen) atoms. The van der Waals surface area contributed by atoms with E-state index < -0.39 is 5.66 Å². The van der Waals surface area contributed by atoms with Crippen molar-refractivity contribution in [2.24, 2.45) is 5.10 Å². The van der Waals surface area contributed by atoms with Crippen molar-refractivity contribution in [1.82, 2.24) is 34.4 Å². The molecular weight excluding hydrogens is 464 g/mol. The second kappa shape index (κ2) is 7.91. The minimum absolute atomic E-state index is 0.209. The molecule has 4 heterocycles. The molecule has 9 nitrogen and oxygen atoms in total. The zero-order valence-corrected chi connectivity index (χ0v) is 20.4. The molecule has 0 radical (unpaired) electrons. The van der Waals surface area contributed by atoms with Crippen molar-refractivity contribution in [3.05, 3.63) is 75.9 Å². The second-order valence-corrected chi connectivity index (χ2v) is 9.94. The molecule has 1 aliphatic carbocycles. The first-order chi connectivity index (χ1) is 16.8. The quantitative estimate of drug-likeness (QED) is 0.457. The fourth-order valence-corrected chi connectivity index (χ4v) is 4.87. The molecule has 1 aromatic carbocycles. The van der Waals surface area contributed by atoms with Crippen molar-refractivity contribution in [2.75, 3.05) is 0 Å². The van der Waals surface area contributed by atoms with Crippen LogP contribution in [0.1, 0.15) is 50.9 Å².